The maximum atomic E-state index is 6.11. The van der Waals surface area contributed by atoms with Crippen molar-refractivity contribution in [2.24, 2.45) is 32.9 Å². The van der Waals surface area contributed by atoms with Gasteiger partial charge in [-0.15, -0.1) is 12.4 Å². The smallest absolute Gasteiger partial charge is 0.253 e. The third-order valence-corrected chi connectivity index (χ3v) is 6.80. The van der Waals surface area contributed by atoms with Crippen LogP contribution in [0.25, 0.3) is 33.2 Å². The van der Waals surface area contributed by atoms with Crippen molar-refractivity contribution in [2.45, 2.75) is 25.3 Å². The molecule has 3 aromatic heterocycles. The molecule has 1 atom stereocenters. The van der Waals surface area contributed by atoms with E-state index in [2.05, 4.69) is 40.2 Å². The van der Waals surface area contributed by atoms with Gasteiger partial charge in [-0.25, -0.2) is 19.9 Å². The van der Waals surface area contributed by atoms with Crippen molar-refractivity contribution in [3.05, 3.63) is 76.5 Å². The summed E-state index contributed by atoms with van der Waals surface area (Å²) in [6, 6.07) is 16.6. The van der Waals surface area contributed by atoms with E-state index < -0.39 is 0 Å². The van der Waals surface area contributed by atoms with Crippen LogP contribution in [-0.2, 0) is 0 Å². The number of hydrogen-bond donors (Lipinski definition) is 5. The minimum atomic E-state index is -0.102. The first-order valence-corrected chi connectivity index (χ1v) is 13.8. The highest BCUT2D eigenvalue weighted by Crippen LogP contribution is 2.31. The minimum absolute atomic E-state index is 0. The Morgan fingerprint density at radius 3 is 2.00 bits per heavy atom. The Hall–Kier alpha value is -4.36. The number of benzene rings is 2. The summed E-state index contributed by atoms with van der Waals surface area (Å²) in [6.07, 6.45) is 5.07. The summed E-state index contributed by atoms with van der Waals surface area (Å²) in [6.45, 7) is 0.981. The van der Waals surface area contributed by atoms with Gasteiger partial charge in [0.25, 0.3) is 11.9 Å². The van der Waals surface area contributed by atoms with Crippen LogP contribution >= 0.6 is 35.6 Å². The van der Waals surface area contributed by atoms with Gasteiger partial charge in [0.1, 0.15) is 5.69 Å². The molecule has 9 N–H and O–H groups in total. The highest BCUT2D eigenvalue weighted by molar-refractivity contribution is 6.31. The van der Waals surface area contributed by atoms with E-state index in [9.17, 15) is 0 Å². The van der Waals surface area contributed by atoms with Crippen LogP contribution in [0.15, 0.2) is 70.8 Å². The monoisotopic (exact) mass is 640 g/mol. The molecule has 1 aliphatic heterocycles. The van der Waals surface area contributed by atoms with Gasteiger partial charge in [-0.1, -0.05) is 35.7 Å². The molecule has 1 saturated heterocycles. The molecule has 4 heterocycles. The molecular formula is C28H31Cl3N12. The molecule has 1 unspecified atom stereocenters. The normalized spacial score (nSPS) is 14.2. The number of nitrogens with two attached hydrogens (primary N) is 4. The summed E-state index contributed by atoms with van der Waals surface area (Å²) in [5, 5.41) is 6.47. The van der Waals surface area contributed by atoms with Crippen molar-refractivity contribution < 1.29 is 1.43 Å². The van der Waals surface area contributed by atoms with Crippen LogP contribution in [0.5, 0.6) is 0 Å². The van der Waals surface area contributed by atoms with Gasteiger partial charge in [0.2, 0.25) is 0 Å². The Morgan fingerprint density at radius 2 is 1.42 bits per heavy atom. The van der Waals surface area contributed by atoms with Gasteiger partial charge in [-0.05, 0) is 67.9 Å². The second-order valence-electron chi connectivity index (χ2n) is 9.39. The van der Waals surface area contributed by atoms with E-state index in [1.807, 2.05) is 30.3 Å². The number of guanidine groups is 2. The highest BCUT2D eigenvalue weighted by atomic mass is 35.5. The maximum absolute atomic E-state index is 6.11. The molecule has 2 aromatic carbocycles. The van der Waals surface area contributed by atoms with Crippen LogP contribution < -0.4 is 28.3 Å². The summed E-state index contributed by atoms with van der Waals surface area (Å²) >= 11 is 12.2. The minimum Gasteiger partial charge on any atom is -0.370 e. The predicted molar refractivity (Wildman–Crippen MR) is 177 cm³/mol. The van der Waals surface area contributed by atoms with E-state index >= 15 is 0 Å². The number of hydrogen-bond acceptors (Lipinski definition) is 8. The number of fused-ring (bicyclic) bond motifs is 2. The fraction of sp³-hybridized carbons (Fsp3) is 0.179. The molecular weight excluding hydrogens is 611 g/mol. The second kappa shape index (κ2) is 14.2. The van der Waals surface area contributed by atoms with Gasteiger partial charge in [0, 0.05) is 28.4 Å². The third-order valence-electron chi connectivity index (χ3n) is 6.33. The van der Waals surface area contributed by atoms with Crippen molar-refractivity contribution in [1.82, 2.24) is 30.2 Å². The van der Waals surface area contributed by atoms with Crippen LogP contribution in [-0.4, -0.2) is 43.4 Å². The number of nitrogens with one attached hydrogen (secondary N) is 1. The molecule has 12 nitrogen and oxygen atoms in total. The number of nitrogens with zero attached hydrogens (tertiary/aromatic N) is 7. The van der Waals surface area contributed by atoms with Gasteiger partial charge < -0.3 is 28.3 Å². The third kappa shape index (κ3) is 7.93. The quantitative estimate of drug-likeness (QED) is 0.132. The SMILES string of the molecule is Cl.NC(N)=Nc1nc(-c2ccccn2)c2cc(Cl)ccc2n1.NC(N)=Nc1nc(C2CCCCN2)c2cc(Cl)ccc2n1.[HH]. The zero-order valence-electron chi connectivity index (χ0n) is 22.8. The summed E-state index contributed by atoms with van der Waals surface area (Å²) in [5.74, 6) is 0.318. The van der Waals surface area contributed by atoms with Gasteiger partial charge in [0.05, 0.1) is 28.5 Å². The number of aliphatic imine (C=N–C) groups is 2. The van der Waals surface area contributed by atoms with Gasteiger partial charge >= 0.3 is 0 Å². The number of halogens is 3. The van der Waals surface area contributed by atoms with E-state index in [1.165, 1.54) is 12.8 Å². The van der Waals surface area contributed by atoms with Crippen LogP contribution in [0.2, 0.25) is 10.0 Å². The Labute approximate surface area is 265 Å². The molecule has 15 heteroatoms. The van der Waals surface area contributed by atoms with Crippen molar-refractivity contribution in [3.63, 3.8) is 0 Å². The first-order valence-electron chi connectivity index (χ1n) is 13.1. The molecule has 0 amide bonds. The number of pyridine rings is 1. The van der Waals surface area contributed by atoms with Gasteiger partial charge in [0.15, 0.2) is 11.9 Å². The molecule has 6 rings (SSSR count). The van der Waals surface area contributed by atoms with E-state index in [0.29, 0.717) is 26.9 Å². The number of aromatic nitrogens is 5. The van der Waals surface area contributed by atoms with Crippen LogP contribution in [0.3, 0.4) is 0 Å². The lowest BCUT2D eigenvalue weighted by Gasteiger charge is -2.24. The first-order chi connectivity index (χ1) is 20.3. The number of piperidine rings is 1. The maximum Gasteiger partial charge on any atom is 0.253 e. The van der Waals surface area contributed by atoms with E-state index in [1.54, 1.807) is 30.5 Å². The van der Waals surface area contributed by atoms with Crippen molar-refractivity contribution >= 4 is 81.2 Å². The molecule has 0 radical (unpaired) electrons. The lowest BCUT2D eigenvalue weighted by atomic mass is 9.99. The lowest BCUT2D eigenvalue weighted by Crippen LogP contribution is -2.28. The predicted octanol–water partition coefficient (Wildman–Crippen LogP) is 4.92. The lowest BCUT2D eigenvalue weighted by molar-refractivity contribution is 0.407. The molecule has 0 saturated carbocycles. The van der Waals surface area contributed by atoms with Gasteiger partial charge in [-0.2, -0.15) is 9.98 Å². The van der Waals surface area contributed by atoms with Gasteiger partial charge in [-0.3, -0.25) is 4.98 Å². The van der Waals surface area contributed by atoms with E-state index in [0.717, 1.165) is 34.9 Å². The van der Waals surface area contributed by atoms with Crippen LogP contribution in [0.1, 0.15) is 32.4 Å². The average Bonchev–Trinajstić information content (AvgIpc) is 2.97. The Balaban J connectivity index is 0.000000230. The Bertz CT molecular complexity index is 1790. The zero-order valence-corrected chi connectivity index (χ0v) is 25.1. The molecule has 0 aliphatic carbocycles. The molecule has 5 aromatic rings. The summed E-state index contributed by atoms with van der Waals surface area (Å²) in [7, 11) is 0. The summed E-state index contributed by atoms with van der Waals surface area (Å²) in [4.78, 5) is 29.8. The fourth-order valence-corrected chi connectivity index (χ4v) is 4.92. The molecule has 0 bridgehead atoms. The molecule has 1 aliphatic rings. The largest absolute Gasteiger partial charge is 0.370 e. The highest BCUT2D eigenvalue weighted by Gasteiger charge is 2.20. The van der Waals surface area contributed by atoms with Crippen LogP contribution in [0, 0.1) is 0 Å². The standard InChI is InChI=1S/C14H17ClN6.C14H11ClN6.ClH.H2/c2*15-8-4-5-10-9(7-8)12(11-3-1-2-6-18-11)20-14(19-10)21-13(16)17;;/h4-5,7,11,18H,1-3,6H2,(H4,16,17,19,20,21);1-7H,(H4,16,17,19,20,21);2*1H. The van der Waals surface area contributed by atoms with E-state index in [4.69, 9.17) is 46.1 Å². The molecule has 1 fully saturated rings. The first kappa shape index (κ1) is 31.6. The van der Waals surface area contributed by atoms with Crippen molar-refractivity contribution in [2.75, 3.05) is 6.54 Å². The molecule has 0 spiro atoms. The second-order valence-corrected chi connectivity index (χ2v) is 10.3. The fourth-order valence-electron chi connectivity index (χ4n) is 4.58. The molecule has 43 heavy (non-hydrogen) atoms. The van der Waals surface area contributed by atoms with E-state index in [-0.39, 0.29) is 43.7 Å². The van der Waals surface area contributed by atoms with Crippen molar-refractivity contribution in [3.8, 4) is 11.4 Å². The Morgan fingerprint density at radius 1 is 0.791 bits per heavy atom. The average molecular weight is 642 g/mol. The number of rotatable bonds is 4. The zero-order chi connectivity index (χ0) is 29.6. The summed E-state index contributed by atoms with van der Waals surface area (Å²) < 4.78 is 0. The summed E-state index contributed by atoms with van der Waals surface area (Å²) in [5.41, 5.74) is 25.4. The van der Waals surface area contributed by atoms with Crippen molar-refractivity contribution in [1.29, 1.82) is 0 Å². The topological polar surface area (TPSA) is 205 Å². The molecule has 224 valence electrons. The Kier molecular flexibility index (Phi) is 10.4. The van der Waals surface area contributed by atoms with Crippen LogP contribution in [0.4, 0.5) is 11.9 Å².